The van der Waals surface area contributed by atoms with E-state index in [0.717, 1.165) is 31.5 Å². The molecule has 0 saturated carbocycles. The van der Waals surface area contributed by atoms with Gasteiger partial charge in [-0.05, 0) is 78.9 Å². The first-order valence-corrected chi connectivity index (χ1v) is 13.9. The lowest BCUT2D eigenvalue weighted by Gasteiger charge is -2.51. The Morgan fingerprint density at radius 3 is 2.05 bits per heavy atom. The fourth-order valence-corrected chi connectivity index (χ4v) is 6.41. The molecule has 2 aliphatic rings. The van der Waals surface area contributed by atoms with E-state index in [1.165, 1.54) is 12.0 Å². The Morgan fingerprint density at radius 2 is 1.49 bits per heavy atom. The molecule has 0 bridgehead atoms. The molecular formula is C32H46N2O3. The summed E-state index contributed by atoms with van der Waals surface area (Å²) in [7, 11) is 0. The summed E-state index contributed by atoms with van der Waals surface area (Å²) in [4.78, 5) is 23.0. The summed E-state index contributed by atoms with van der Waals surface area (Å²) in [5.74, 6) is -0.443. The Balaban J connectivity index is 1.67. The highest BCUT2D eigenvalue weighted by atomic mass is 16.7. The Bertz CT molecular complexity index is 1010. The molecule has 5 heteroatoms. The number of rotatable bonds is 7. The number of benzene rings is 2. The van der Waals surface area contributed by atoms with Gasteiger partial charge in [-0.3, -0.25) is 14.5 Å². The number of hydrogen-bond acceptors (Lipinski definition) is 5. The van der Waals surface area contributed by atoms with Crippen molar-refractivity contribution in [3.05, 3.63) is 71.8 Å². The average molecular weight is 507 g/mol. The molecular weight excluding hydrogens is 460 g/mol. The fourth-order valence-electron chi connectivity index (χ4n) is 6.41. The van der Waals surface area contributed by atoms with Crippen molar-refractivity contribution < 1.29 is 14.4 Å². The largest absolute Gasteiger partial charge is 0.460 e. The Labute approximate surface area is 224 Å². The maximum atomic E-state index is 13.8. The van der Waals surface area contributed by atoms with Crippen LogP contribution in [0.2, 0.25) is 0 Å². The van der Waals surface area contributed by atoms with Crippen LogP contribution in [0.5, 0.6) is 0 Å². The van der Waals surface area contributed by atoms with Gasteiger partial charge < -0.3 is 4.74 Å². The predicted octanol–water partition coefficient (Wildman–Crippen LogP) is 6.79. The normalized spacial score (nSPS) is 26.2. The quantitative estimate of drug-likeness (QED) is 0.387. The molecule has 0 N–H and O–H groups in total. The SMILES string of the molecule is CC(C)(C)OC(=O)[C@@H]1[C@H](CON2C(C)(C)CCCC2(C)C)CN(Cc2ccccc2)[C@H]1c1ccccc1. The minimum Gasteiger partial charge on any atom is -0.460 e. The molecule has 5 nitrogen and oxygen atoms in total. The van der Waals surface area contributed by atoms with Crippen LogP contribution in [-0.4, -0.2) is 45.8 Å². The molecule has 37 heavy (non-hydrogen) atoms. The lowest BCUT2D eigenvalue weighted by Crippen LogP contribution is -2.58. The molecule has 2 fully saturated rings. The molecule has 2 heterocycles. The molecule has 0 aliphatic carbocycles. The summed E-state index contributed by atoms with van der Waals surface area (Å²) in [6.45, 7) is 16.9. The first-order valence-electron chi connectivity index (χ1n) is 13.9. The third-order valence-corrected chi connectivity index (χ3v) is 7.85. The summed E-state index contributed by atoms with van der Waals surface area (Å²) in [5.41, 5.74) is 1.74. The van der Waals surface area contributed by atoms with E-state index in [4.69, 9.17) is 9.57 Å². The number of esters is 1. The smallest absolute Gasteiger partial charge is 0.311 e. The van der Waals surface area contributed by atoms with Crippen LogP contribution < -0.4 is 0 Å². The van der Waals surface area contributed by atoms with Gasteiger partial charge in [0, 0.05) is 36.1 Å². The van der Waals surface area contributed by atoms with E-state index in [1.54, 1.807) is 0 Å². The third-order valence-electron chi connectivity index (χ3n) is 7.85. The number of hydroxylamine groups is 2. The summed E-state index contributed by atoms with van der Waals surface area (Å²) in [6, 6.07) is 20.9. The molecule has 2 aromatic rings. The highest BCUT2D eigenvalue weighted by Crippen LogP contribution is 2.45. The Hall–Kier alpha value is -2.21. The number of hydrogen-bond donors (Lipinski definition) is 0. The molecule has 0 unspecified atom stereocenters. The summed E-state index contributed by atoms with van der Waals surface area (Å²) < 4.78 is 6.04. The summed E-state index contributed by atoms with van der Waals surface area (Å²) in [6.07, 6.45) is 3.40. The second-order valence-corrected chi connectivity index (χ2v) is 13.2. The van der Waals surface area contributed by atoms with Crippen LogP contribution in [0, 0.1) is 11.8 Å². The summed E-state index contributed by atoms with van der Waals surface area (Å²) in [5, 5.41) is 2.22. The van der Waals surface area contributed by atoms with Crippen LogP contribution in [0.3, 0.4) is 0 Å². The number of carbonyl (C=O) groups is 1. The van der Waals surface area contributed by atoms with Crippen LogP contribution >= 0.6 is 0 Å². The highest BCUT2D eigenvalue weighted by molar-refractivity contribution is 5.75. The van der Waals surface area contributed by atoms with Crippen LogP contribution in [0.1, 0.15) is 84.9 Å². The van der Waals surface area contributed by atoms with Crippen LogP contribution in [0.15, 0.2) is 60.7 Å². The molecule has 3 atom stereocenters. The van der Waals surface area contributed by atoms with Gasteiger partial charge >= 0.3 is 5.97 Å². The van der Waals surface area contributed by atoms with Gasteiger partial charge in [0.05, 0.1) is 12.5 Å². The van der Waals surface area contributed by atoms with E-state index in [9.17, 15) is 4.79 Å². The van der Waals surface area contributed by atoms with Crippen molar-refractivity contribution in [2.45, 2.75) is 97.0 Å². The van der Waals surface area contributed by atoms with Crippen molar-refractivity contribution >= 4 is 5.97 Å². The number of likely N-dealkylation sites (tertiary alicyclic amines) is 1. The number of nitrogens with zero attached hydrogens (tertiary/aromatic N) is 2. The van der Waals surface area contributed by atoms with E-state index < -0.39 is 5.60 Å². The van der Waals surface area contributed by atoms with Crippen molar-refractivity contribution in [2.24, 2.45) is 11.8 Å². The summed E-state index contributed by atoms with van der Waals surface area (Å²) >= 11 is 0. The van der Waals surface area contributed by atoms with Crippen molar-refractivity contribution in [3.63, 3.8) is 0 Å². The Kier molecular flexibility index (Phi) is 8.18. The molecule has 0 amide bonds. The lowest BCUT2D eigenvalue weighted by molar-refractivity contribution is -0.287. The van der Waals surface area contributed by atoms with E-state index in [2.05, 4.69) is 86.2 Å². The minimum absolute atomic E-state index is 0.0114. The van der Waals surface area contributed by atoms with Crippen molar-refractivity contribution in [2.75, 3.05) is 13.2 Å². The van der Waals surface area contributed by atoms with Gasteiger partial charge in [0.2, 0.25) is 0 Å². The number of ether oxygens (including phenoxy) is 1. The maximum absolute atomic E-state index is 13.8. The second-order valence-electron chi connectivity index (χ2n) is 13.2. The van der Waals surface area contributed by atoms with Crippen LogP contribution in [0.25, 0.3) is 0 Å². The molecule has 2 aliphatic heterocycles. The number of piperidine rings is 1. The van der Waals surface area contributed by atoms with E-state index in [-0.39, 0.29) is 34.9 Å². The molecule has 202 valence electrons. The van der Waals surface area contributed by atoms with E-state index in [0.29, 0.717) is 6.61 Å². The molecule has 4 rings (SSSR count). The fraction of sp³-hybridized carbons (Fsp3) is 0.594. The van der Waals surface area contributed by atoms with Crippen molar-refractivity contribution in [1.82, 2.24) is 9.96 Å². The topological polar surface area (TPSA) is 42.0 Å². The van der Waals surface area contributed by atoms with Crippen molar-refractivity contribution in [3.8, 4) is 0 Å². The lowest BCUT2D eigenvalue weighted by atomic mass is 9.82. The van der Waals surface area contributed by atoms with E-state index >= 15 is 0 Å². The Morgan fingerprint density at radius 1 is 0.919 bits per heavy atom. The predicted molar refractivity (Wildman–Crippen MR) is 149 cm³/mol. The first kappa shape index (κ1) is 27.8. The standard InChI is InChI=1S/C32H46N2O3/c1-30(2,3)37-29(35)27-26(23-36-34-31(4,5)19-14-20-32(34,6)7)22-33(21-24-15-10-8-11-16-24)28(27)25-17-12-9-13-18-25/h8-13,15-18,26-28H,14,19-23H2,1-7H3/t26-,27+,28-/m0/s1. The average Bonchev–Trinajstić information content (AvgIpc) is 3.16. The zero-order valence-electron chi connectivity index (χ0n) is 23.9. The minimum atomic E-state index is -0.548. The third kappa shape index (κ3) is 6.63. The van der Waals surface area contributed by atoms with Gasteiger partial charge in [0.25, 0.3) is 0 Å². The van der Waals surface area contributed by atoms with Crippen LogP contribution in [0.4, 0.5) is 0 Å². The zero-order valence-corrected chi connectivity index (χ0v) is 23.9. The van der Waals surface area contributed by atoms with Crippen LogP contribution in [-0.2, 0) is 20.9 Å². The van der Waals surface area contributed by atoms with Gasteiger partial charge in [-0.15, -0.1) is 0 Å². The van der Waals surface area contributed by atoms with Gasteiger partial charge in [0.1, 0.15) is 5.60 Å². The molecule has 2 aromatic carbocycles. The second kappa shape index (κ2) is 10.9. The highest BCUT2D eigenvalue weighted by Gasteiger charge is 2.50. The van der Waals surface area contributed by atoms with Crippen molar-refractivity contribution in [1.29, 1.82) is 0 Å². The van der Waals surface area contributed by atoms with Gasteiger partial charge in [0.15, 0.2) is 0 Å². The van der Waals surface area contributed by atoms with Gasteiger partial charge in [-0.25, -0.2) is 0 Å². The van der Waals surface area contributed by atoms with Gasteiger partial charge in [-0.2, -0.15) is 5.06 Å². The maximum Gasteiger partial charge on any atom is 0.311 e. The van der Waals surface area contributed by atoms with E-state index in [1.807, 2.05) is 32.9 Å². The monoisotopic (exact) mass is 506 g/mol. The first-order chi connectivity index (χ1) is 17.4. The molecule has 0 aromatic heterocycles. The molecule has 2 saturated heterocycles. The molecule has 0 radical (unpaired) electrons. The zero-order chi connectivity index (χ0) is 26.8. The van der Waals surface area contributed by atoms with Gasteiger partial charge in [-0.1, -0.05) is 60.7 Å². The number of carbonyl (C=O) groups excluding carboxylic acids is 1. The molecule has 0 spiro atoms.